The Balaban J connectivity index is 2.09. The number of carbonyl (C=O) groups is 2. The highest BCUT2D eigenvalue weighted by Gasteiger charge is 2.53. The summed E-state index contributed by atoms with van der Waals surface area (Å²) >= 11 is 0. The van der Waals surface area contributed by atoms with Crippen molar-refractivity contribution in [2.24, 2.45) is 11.3 Å². The molecule has 0 aromatic carbocycles. The molecule has 0 bridgehead atoms. The smallest absolute Gasteiger partial charge is 0.321 e. The van der Waals surface area contributed by atoms with E-state index < -0.39 is 29.5 Å². The largest absolute Gasteiger partial charge is 0.480 e. The summed E-state index contributed by atoms with van der Waals surface area (Å²) in [6.07, 6.45) is 2.78. The van der Waals surface area contributed by atoms with E-state index in [1.807, 2.05) is 0 Å². The number of carboxylic acid groups (broad SMARTS) is 1. The van der Waals surface area contributed by atoms with Gasteiger partial charge in [-0.3, -0.25) is 9.59 Å². The summed E-state index contributed by atoms with van der Waals surface area (Å²) in [5.41, 5.74) is -0.429. The highest BCUT2D eigenvalue weighted by atomic mass is 16.6. The topological polar surface area (TPSA) is 75.6 Å². The Bertz CT molecular complexity index is 368. The van der Waals surface area contributed by atoms with E-state index >= 15 is 0 Å². The first kappa shape index (κ1) is 13.3. The summed E-state index contributed by atoms with van der Waals surface area (Å²) in [6.45, 7) is 6.08. The molecule has 2 aliphatic rings. The van der Waals surface area contributed by atoms with Gasteiger partial charge in [-0.15, -0.1) is 0 Å². The van der Waals surface area contributed by atoms with Crippen molar-refractivity contribution < 1.29 is 19.4 Å². The Morgan fingerprint density at radius 3 is 2.39 bits per heavy atom. The van der Waals surface area contributed by atoms with Gasteiger partial charge >= 0.3 is 11.9 Å². The number of rotatable bonds is 2. The Kier molecular flexibility index (Phi) is 3.13. The van der Waals surface area contributed by atoms with Crippen LogP contribution in [0.5, 0.6) is 0 Å². The molecule has 2 rings (SSSR count). The molecule has 1 saturated carbocycles. The number of ether oxygens (including phenoxy) is 1. The molecule has 2 atom stereocenters. The van der Waals surface area contributed by atoms with E-state index in [0.717, 1.165) is 12.8 Å². The van der Waals surface area contributed by atoms with Gasteiger partial charge in [-0.25, -0.2) is 0 Å². The van der Waals surface area contributed by atoms with Gasteiger partial charge in [0.25, 0.3) is 0 Å². The summed E-state index contributed by atoms with van der Waals surface area (Å²) in [5, 5.41) is 12.2. The van der Waals surface area contributed by atoms with Crippen LogP contribution in [-0.4, -0.2) is 35.2 Å². The van der Waals surface area contributed by atoms with Crippen molar-refractivity contribution in [2.75, 3.05) is 6.54 Å². The number of esters is 1. The number of nitrogens with one attached hydrogen (secondary N) is 1. The van der Waals surface area contributed by atoms with Crippen molar-refractivity contribution in [2.45, 2.75) is 51.7 Å². The second-order valence-corrected chi connectivity index (χ2v) is 6.54. The molecule has 2 N–H and O–H groups in total. The maximum Gasteiger partial charge on any atom is 0.321 e. The number of aliphatic carboxylic acids is 1. The van der Waals surface area contributed by atoms with Crippen molar-refractivity contribution in [3.63, 3.8) is 0 Å². The third-order valence-corrected chi connectivity index (χ3v) is 3.68. The van der Waals surface area contributed by atoms with Gasteiger partial charge in [-0.2, -0.15) is 0 Å². The first-order chi connectivity index (χ1) is 8.22. The molecule has 1 heterocycles. The number of piperidine rings is 1. The van der Waals surface area contributed by atoms with E-state index in [1.54, 1.807) is 20.8 Å². The predicted molar refractivity (Wildman–Crippen MR) is 65.0 cm³/mol. The van der Waals surface area contributed by atoms with Crippen molar-refractivity contribution in [1.82, 2.24) is 5.32 Å². The van der Waals surface area contributed by atoms with Crippen LogP contribution in [0.25, 0.3) is 0 Å². The quantitative estimate of drug-likeness (QED) is 0.724. The molecule has 1 aliphatic heterocycles. The molecule has 1 saturated heterocycles. The van der Waals surface area contributed by atoms with Gasteiger partial charge in [0, 0.05) is 6.54 Å². The SMILES string of the molecule is CC(C)(C)OC(=O)C1CC2(CC2)CNC1C(=O)O. The zero-order chi connectivity index (χ0) is 13.6. The van der Waals surface area contributed by atoms with Crippen molar-refractivity contribution in [3.8, 4) is 0 Å². The highest BCUT2D eigenvalue weighted by molar-refractivity contribution is 5.84. The van der Waals surface area contributed by atoms with E-state index in [2.05, 4.69) is 5.32 Å². The molecule has 5 heteroatoms. The number of carbonyl (C=O) groups excluding carboxylic acids is 1. The first-order valence-corrected chi connectivity index (χ1v) is 6.42. The van der Waals surface area contributed by atoms with E-state index in [4.69, 9.17) is 4.74 Å². The Labute approximate surface area is 107 Å². The number of hydrogen-bond acceptors (Lipinski definition) is 4. The molecule has 1 spiro atoms. The number of carboxylic acids is 1. The van der Waals surface area contributed by atoms with E-state index in [9.17, 15) is 14.7 Å². The van der Waals surface area contributed by atoms with Crippen molar-refractivity contribution in [1.29, 1.82) is 0 Å². The fourth-order valence-electron chi connectivity index (χ4n) is 2.54. The fraction of sp³-hybridized carbons (Fsp3) is 0.846. The molecular formula is C13H21NO4. The maximum atomic E-state index is 12.1. The van der Waals surface area contributed by atoms with Crippen LogP contribution in [0.1, 0.15) is 40.0 Å². The predicted octanol–water partition coefficient (Wildman–Crippen LogP) is 1.17. The lowest BCUT2D eigenvalue weighted by molar-refractivity contribution is -0.167. The zero-order valence-corrected chi connectivity index (χ0v) is 11.2. The van der Waals surface area contributed by atoms with Crippen LogP contribution in [0, 0.1) is 11.3 Å². The molecule has 0 aromatic rings. The van der Waals surface area contributed by atoms with Crippen molar-refractivity contribution in [3.05, 3.63) is 0 Å². The molecule has 2 unspecified atom stereocenters. The zero-order valence-electron chi connectivity index (χ0n) is 11.2. The molecule has 5 nitrogen and oxygen atoms in total. The Morgan fingerprint density at radius 2 is 1.94 bits per heavy atom. The summed E-state index contributed by atoms with van der Waals surface area (Å²) in [6, 6.07) is -0.814. The van der Waals surface area contributed by atoms with Crippen molar-refractivity contribution >= 4 is 11.9 Å². The van der Waals surface area contributed by atoms with Gasteiger partial charge in [0.05, 0.1) is 5.92 Å². The lowest BCUT2D eigenvalue weighted by Gasteiger charge is -2.35. The maximum absolute atomic E-state index is 12.1. The van der Waals surface area contributed by atoms with E-state index in [-0.39, 0.29) is 5.41 Å². The van der Waals surface area contributed by atoms with Crippen LogP contribution >= 0.6 is 0 Å². The van der Waals surface area contributed by atoms with Crippen LogP contribution in [0.2, 0.25) is 0 Å². The standard InChI is InChI=1S/C13H21NO4/c1-12(2,3)18-11(17)8-6-13(4-5-13)7-14-9(8)10(15)16/h8-9,14H,4-7H2,1-3H3,(H,15,16). The minimum absolute atomic E-state index is 0.146. The molecule has 102 valence electrons. The molecule has 2 fully saturated rings. The average molecular weight is 255 g/mol. The van der Waals surface area contributed by atoms with E-state index in [0.29, 0.717) is 13.0 Å². The summed E-state index contributed by atoms with van der Waals surface area (Å²) < 4.78 is 5.34. The highest BCUT2D eigenvalue weighted by Crippen LogP contribution is 2.52. The summed E-state index contributed by atoms with van der Waals surface area (Å²) in [5.74, 6) is -1.94. The monoisotopic (exact) mass is 255 g/mol. The normalized spacial score (nSPS) is 29.9. The lowest BCUT2D eigenvalue weighted by atomic mass is 9.82. The first-order valence-electron chi connectivity index (χ1n) is 6.42. The minimum atomic E-state index is -0.971. The fourth-order valence-corrected chi connectivity index (χ4v) is 2.54. The van der Waals surface area contributed by atoms with Gasteiger partial charge in [0.15, 0.2) is 0 Å². The molecule has 0 radical (unpaired) electrons. The minimum Gasteiger partial charge on any atom is -0.480 e. The van der Waals surface area contributed by atoms with Crippen LogP contribution < -0.4 is 5.32 Å². The van der Waals surface area contributed by atoms with Crippen LogP contribution in [-0.2, 0) is 14.3 Å². The lowest BCUT2D eigenvalue weighted by Crippen LogP contribution is -2.54. The number of hydrogen-bond donors (Lipinski definition) is 2. The summed E-state index contributed by atoms with van der Waals surface area (Å²) in [7, 11) is 0. The Morgan fingerprint density at radius 1 is 1.33 bits per heavy atom. The van der Waals surface area contributed by atoms with E-state index in [1.165, 1.54) is 0 Å². The van der Waals surface area contributed by atoms with Gasteiger partial charge < -0.3 is 15.2 Å². The van der Waals surface area contributed by atoms with Gasteiger partial charge in [0.2, 0.25) is 0 Å². The molecular weight excluding hydrogens is 234 g/mol. The Hall–Kier alpha value is -1.10. The second-order valence-electron chi connectivity index (χ2n) is 6.54. The third-order valence-electron chi connectivity index (χ3n) is 3.68. The molecule has 0 aromatic heterocycles. The average Bonchev–Trinajstić information content (AvgIpc) is 2.94. The van der Waals surface area contributed by atoms with Gasteiger partial charge in [0.1, 0.15) is 11.6 Å². The van der Waals surface area contributed by atoms with Gasteiger partial charge in [-0.1, -0.05) is 0 Å². The van der Waals surface area contributed by atoms with Gasteiger partial charge in [-0.05, 0) is 45.4 Å². The van der Waals surface area contributed by atoms with Crippen LogP contribution in [0.4, 0.5) is 0 Å². The second kappa shape index (κ2) is 4.23. The molecule has 0 amide bonds. The molecule has 18 heavy (non-hydrogen) atoms. The van der Waals surface area contributed by atoms with Crippen LogP contribution in [0.15, 0.2) is 0 Å². The third kappa shape index (κ3) is 2.83. The summed E-state index contributed by atoms with van der Waals surface area (Å²) in [4.78, 5) is 23.3. The van der Waals surface area contributed by atoms with Crippen LogP contribution in [0.3, 0.4) is 0 Å². The molecule has 1 aliphatic carbocycles.